The third-order valence-electron chi connectivity index (χ3n) is 4.61. The van der Waals surface area contributed by atoms with Crippen LogP contribution in [0.3, 0.4) is 0 Å². The van der Waals surface area contributed by atoms with Crippen molar-refractivity contribution in [1.82, 2.24) is 15.1 Å². The molecule has 0 aliphatic carbocycles. The van der Waals surface area contributed by atoms with E-state index >= 15 is 0 Å². The Morgan fingerprint density at radius 2 is 1.81 bits per heavy atom. The number of hydrogen-bond acceptors (Lipinski definition) is 5. The summed E-state index contributed by atoms with van der Waals surface area (Å²) in [5, 5.41) is 8.87. The molecule has 6 nitrogen and oxygen atoms in total. The molecular formula is C18H22Cl2N4O2. The Morgan fingerprint density at radius 3 is 2.35 bits per heavy atom. The largest absolute Gasteiger partial charge is 0.408 e. The minimum atomic E-state index is -0.248. The van der Waals surface area contributed by atoms with Crippen molar-refractivity contribution >= 4 is 35.1 Å². The fourth-order valence-electron chi connectivity index (χ4n) is 3.25. The van der Waals surface area contributed by atoms with Crippen molar-refractivity contribution in [3.05, 3.63) is 39.7 Å². The molecule has 0 saturated carbocycles. The normalized spacial score (nSPS) is 16.2. The van der Waals surface area contributed by atoms with E-state index in [2.05, 4.69) is 10.2 Å². The first-order valence-corrected chi connectivity index (χ1v) is 9.41. The van der Waals surface area contributed by atoms with Crippen LogP contribution in [0, 0.1) is 12.8 Å². The number of benzene rings is 1. The van der Waals surface area contributed by atoms with Crippen LogP contribution in [0.2, 0.25) is 10.0 Å². The highest BCUT2D eigenvalue weighted by molar-refractivity contribution is 6.42. The Labute approximate surface area is 163 Å². The highest BCUT2D eigenvalue weighted by atomic mass is 35.5. The molecule has 2 heterocycles. The van der Waals surface area contributed by atoms with E-state index in [4.69, 9.17) is 27.6 Å². The second kappa shape index (κ2) is 7.84. The molecular weight excluding hydrogens is 375 g/mol. The molecule has 1 atom stereocenters. The van der Waals surface area contributed by atoms with Crippen LogP contribution in [0.25, 0.3) is 0 Å². The maximum Gasteiger partial charge on any atom is 0.318 e. The van der Waals surface area contributed by atoms with Crippen LogP contribution in [0.5, 0.6) is 0 Å². The van der Waals surface area contributed by atoms with Gasteiger partial charge >= 0.3 is 6.01 Å². The number of hydrogen-bond donors (Lipinski definition) is 0. The third-order valence-corrected chi connectivity index (χ3v) is 5.35. The van der Waals surface area contributed by atoms with E-state index in [1.54, 1.807) is 19.1 Å². The van der Waals surface area contributed by atoms with Crippen molar-refractivity contribution in [2.24, 2.45) is 5.92 Å². The summed E-state index contributed by atoms with van der Waals surface area (Å²) in [5.41, 5.74) is 0.898. The lowest BCUT2D eigenvalue weighted by Gasteiger charge is -2.36. The zero-order valence-electron chi connectivity index (χ0n) is 15.1. The van der Waals surface area contributed by atoms with E-state index in [0.717, 1.165) is 5.56 Å². The van der Waals surface area contributed by atoms with E-state index < -0.39 is 0 Å². The SMILES string of the molecule is Cc1nnc(N2CCN(C(=O)C(c3ccc(Cl)c(Cl)c3)C(C)C)CC2)o1. The van der Waals surface area contributed by atoms with Crippen LogP contribution in [0.4, 0.5) is 6.01 Å². The maximum absolute atomic E-state index is 13.2. The summed E-state index contributed by atoms with van der Waals surface area (Å²) in [4.78, 5) is 17.1. The number of amides is 1. The first-order chi connectivity index (χ1) is 12.4. The second-order valence-corrected chi connectivity index (χ2v) is 7.63. The molecule has 8 heteroatoms. The first-order valence-electron chi connectivity index (χ1n) is 8.65. The van der Waals surface area contributed by atoms with Gasteiger partial charge < -0.3 is 14.2 Å². The lowest BCUT2D eigenvalue weighted by Crippen LogP contribution is -2.50. The summed E-state index contributed by atoms with van der Waals surface area (Å²) < 4.78 is 5.47. The highest BCUT2D eigenvalue weighted by Crippen LogP contribution is 2.32. The molecule has 1 aliphatic heterocycles. The number of halogens is 2. The van der Waals surface area contributed by atoms with Gasteiger partial charge in [-0.25, -0.2) is 0 Å². The van der Waals surface area contributed by atoms with Gasteiger partial charge in [-0.15, -0.1) is 5.10 Å². The van der Waals surface area contributed by atoms with Gasteiger partial charge in [-0.1, -0.05) is 48.2 Å². The maximum atomic E-state index is 13.2. The lowest BCUT2D eigenvalue weighted by molar-refractivity contribution is -0.134. The third kappa shape index (κ3) is 3.96. The van der Waals surface area contributed by atoms with Crippen molar-refractivity contribution in [2.45, 2.75) is 26.7 Å². The average molecular weight is 397 g/mol. The van der Waals surface area contributed by atoms with E-state index in [9.17, 15) is 4.79 Å². The zero-order valence-corrected chi connectivity index (χ0v) is 16.6. The molecule has 0 bridgehead atoms. The second-order valence-electron chi connectivity index (χ2n) is 6.81. The minimum Gasteiger partial charge on any atom is -0.408 e. The standard InChI is InChI=1S/C18H22Cl2N4O2/c1-11(2)16(13-4-5-14(19)15(20)10-13)17(25)23-6-8-24(9-7-23)18-22-21-12(3)26-18/h4-5,10-11,16H,6-9H2,1-3H3. The van der Waals surface area contributed by atoms with Crippen LogP contribution in [0.1, 0.15) is 31.2 Å². The van der Waals surface area contributed by atoms with E-state index in [1.165, 1.54) is 0 Å². The molecule has 26 heavy (non-hydrogen) atoms. The quantitative estimate of drug-likeness (QED) is 0.786. The van der Waals surface area contributed by atoms with Crippen LogP contribution >= 0.6 is 23.2 Å². The number of carbonyl (C=O) groups excluding carboxylic acids is 1. The summed E-state index contributed by atoms with van der Waals surface area (Å²) in [5.74, 6) is 0.552. The Hall–Kier alpha value is -1.79. The number of aryl methyl sites for hydroxylation is 1. The van der Waals surface area contributed by atoms with Gasteiger partial charge in [0.1, 0.15) is 0 Å². The number of rotatable bonds is 4. The van der Waals surface area contributed by atoms with Crippen molar-refractivity contribution in [3.8, 4) is 0 Å². The van der Waals surface area contributed by atoms with Crippen LogP contribution in [-0.2, 0) is 4.79 Å². The summed E-state index contributed by atoms with van der Waals surface area (Å²) in [6, 6.07) is 5.94. The molecule has 1 unspecified atom stereocenters. The minimum absolute atomic E-state index is 0.111. The predicted molar refractivity (Wildman–Crippen MR) is 102 cm³/mol. The molecule has 1 aromatic heterocycles. The topological polar surface area (TPSA) is 62.5 Å². The molecule has 0 radical (unpaired) electrons. The first kappa shape index (κ1) is 19.0. The average Bonchev–Trinajstić information content (AvgIpc) is 3.04. The number of nitrogens with zero attached hydrogens (tertiary/aromatic N) is 4. The molecule has 1 aromatic carbocycles. The molecule has 2 aromatic rings. The Kier molecular flexibility index (Phi) is 5.73. The summed E-state index contributed by atoms with van der Waals surface area (Å²) in [6.07, 6.45) is 0. The summed E-state index contributed by atoms with van der Waals surface area (Å²) >= 11 is 12.2. The van der Waals surface area contributed by atoms with Gasteiger partial charge in [0.25, 0.3) is 0 Å². The number of piperazine rings is 1. The molecule has 1 saturated heterocycles. The van der Waals surface area contributed by atoms with E-state index in [-0.39, 0.29) is 17.7 Å². The Balaban J connectivity index is 1.71. The van der Waals surface area contributed by atoms with Gasteiger partial charge in [-0.05, 0) is 23.6 Å². The van der Waals surface area contributed by atoms with E-state index in [1.807, 2.05) is 29.7 Å². The van der Waals surface area contributed by atoms with Crippen molar-refractivity contribution in [2.75, 3.05) is 31.1 Å². The number of carbonyl (C=O) groups is 1. The highest BCUT2D eigenvalue weighted by Gasteiger charge is 2.31. The van der Waals surface area contributed by atoms with Gasteiger partial charge in [0, 0.05) is 33.1 Å². The van der Waals surface area contributed by atoms with Gasteiger partial charge in [0.05, 0.1) is 16.0 Å². The Bertz CT molecular complexity index is 785. The molecule has 1 amide bonds. The van der Waals surface area contributed by atoms with Crippen LogP contribution in [-0.4, -0.2) is 47.2 Å². The van der Waals surface area contributed by atoms with Crippen LogP contribution in [0.15, 0.2) is 22.6 Å². The molecule has 1 aliphatic rings. The van der Waals surface area contributed by atoms with Gasteiger partial charge in [-0.2, -0.15) is 0 Å². The summed E-state index contributed by atoms with van der Waals surface area (Å²) in [7, 11) is 0. The molecule has 140 valence electrons. The lowest BCUT2D eigenvalue weighted by atomic mass is 9.87. The van der Waals surface area contributed by atoms with Crippen LogP contribution < -0.4 is 4.90 Å². The monoisotopic (exact) mass is 396 g/mol. The predicted octanol–water partition coefficient (Wildman–Crippen LogP) is 3.77. The van der Waals surface area contributed by atoms with Gasteiger partial charge in [0.15, 0.2) is 0 Å². The number of aromatic nitrogens is 2. The van der Waals surface area contributed by atoms with Crippen molar-refractivity contribution in [3.63, 3.8) is 0 Å². The van der Waals surface area contributed by atoms with Gasteiger partial charge in [0.2, 0.25) is 11.8 Å². The summed E-state index contributed by atoms with van der Waals surface area (Å²) in [6.45, 7) is 8.42. The zero-order chi connectivity index (χ0) is 18.8. The fraction of sp³-hybridized carbons (Fsp3) is 0.500. The van der Waals surface area contributed by atoms with Crippen molar-refractivity contribution < 1.29 is 9.21 Å². The smallest absolute Gasteiger partial charge is 0.318 e. The molecule has 0 spiro atoms. The van der Waals surface area contributed by atoms with Gasteiger partial charge in [-0.3, -0.25) is 4.79 Å². The molecule has 0 N–H and O–H groups in total. The molecule has 3 rings (SSSR count). The number of anilines is 1. The van der Waals surface area contributed by atoms with Crippen molar-refractivity contribution in [1.29, 1.82) is 0 Å². The fourth-order valence-corrected chi connectivity index (χ4v) is 3.55. The molecule has 1 fully saturated rings. The van der Waals surface area contributed by atoms with E-state index in [0.29, 0.717) is 48.1 Å². The Morgan fingerprint density at radius 1 is 1.12 bits per heavy atom.